The van der Waals surface area contributed by atoms with Crippen LogP contribution in [0.25, 0.3) is 0 Å². The zero-order valence-corrected chi connectivity index (χ0v) is 42.3. The lowest BCUT2D eigenvalue weighted by molar-refractivity contribution is -0.167. The Morgan fingerprint density at radius 2 is 0.609 bits per heavy atom. The molecule has 6 nitrogen and oxygen atoms in total. The van der Waals surface area contributed by atoms with Crippen LogP contribution < -0.4 is 0 Å². The molecule has 0 spiro atoms. The van der Waals surface area contributed by atoms with Crippen molar-refractivity contribution in [3.63, 3.8) is 0 Å². The van der Waals surface area contributed by atoms with Gasteiger partial charge in [-0.3, -0.25) is 14.4 Å². The highest BCUT2D eigenvalue weighted by molar-refractivity contribution is 5.71. The Bertz CT molecular complexity index is 1170. The summed E-state index contributed by atoms with van der Waals surface area (Å²) in [5.74, 6) is -0.914. The fraction of sp³-hybridized carbons (Fsp3) is 0.776. The quantitative estimate of drug-likeness (QED) is 0.0262. The smallest absolute Gasteiger partial charge is 0.306 e. The summed E-state index contributed by atoms with van der Waals surface area (Å²) in [6.07, 6.45) is 64.9. The van der Waals surface area contributed by atoms with E-state index in [0.29, 0.717) is 19.3 Å². The van der Waals surface area contributed by atoms with Crippen molar-refractivity contribution in [2.45, 2.75) is 277 Å². The number of rotatable bonds is 49. The van der Waals surface area contributed by atoms with Gasteiger partial charge in [-0.1, -0.05) is 210 Å². The van der Waals surface area contributed by atoms with Gasteiger partial charge >= 0.3 is 17.9 Å². The molecule has 370 valence electrons. The molecule has 0 amide bonds. The molecule has 0 bridgehead atoms. The number of carbonyl (C=O) groups is 3. The SMILES string of the molecule is CC/C=C\C/C=C\C/C=C\CCCCCCCC(=O)O[C@H](COC(=O)CCCCCCC/C=C\CCCCCCCC)COC(=O)CCCCCCC/C=C\CCCCCCCCC. The van der Waals surface area contributed by atoms with Gasteiger partial charge in [0.15, 0.2) is 6.10 Å². The Hall–Kier alpha value is -2.89. The predicted octanol–water partition coefficient (Wildman–Crippen LogP) is 18.0. The molecule has 0 unspecified atom stereocenters. The van der Waals surface area contributed by atoms with Crippen molar-refractivity contribution >= 4 is 17.9 Å². The lowest BCUT2D eigenvalue weighted by atomic mass is 10.1. The second-order valence-corrected chi connectivity index (χ2v) is 18.1. The van der Waals surface area contributed by atoms with E-state index in [1.807, 2.05) is 0 Å². The molecule has 0 N–H and O–H groups in total. The Morgan fingerprint density at radius 1 is 0.328 bits per heavy atom. The lowest BCUT2D eigenvalue weighted by Gasteiger charge is -2.18. The predicted molar refractivity (Wildman–Crippen MR) is 275 cm³/mol. The Labute approximate surface area is 396 Å². The summed E-state index contributed by atoms with van der Waals surface area (Å²) in [5.41, 5.74) is 0. The summed E-state index contributed by atoms with van der Waals surface area (Å²) in [6, 6.07) is 0. The van der Waals surface area contributed by atoms with Crippen molar-refractivity contribution < 1.29 is 28.6 Å². The van der Waals surface area contributed by atoms with E-state index < -0.39 is 6.10 Å². The van der Waals surface area contributed by atoms with Crippen LogP contribution in [0.3, 0.4) is 0 Å². The van der Waals surface area contributed by atoms with Gasteiger partial charge < -0.3 is 14.2 Å². The van der Waals surface area contributed by atoms with Crippen LogP contribution in [0, 0.1) is 0 Å². The fourth-order valence-electron chi connectivity index (χ4n) is 7.62. The first-order valence-electron chi connectivity index (χ1n) is 27.3. The van der Waals surface area contributed by atoms with Gasteiger partial charge in [0, 0.05) is 19.3 Å². The van der Waals surface area contributed by atoms with Crippen molar-refractivity contribution in [2.75, 3.05) is 13.2 Å². The third-order valence-electron chi connectivity index (χ3n) is 11.7. The van der Waals surface area contributed by atoms with Gasteiger partial charge in [0.2, 0.25) is 0 Å². The van der Waals surface area contributed by atoms with E-state index in [1.54, 1.807) is 0 Å². The summed E-state index contributed by atoms with van der Waals surface area (Å²) < 4.78 is 16.8. The fourth-order valence-corrected chi connectivity index (χ4v) is 7.62. The molecule has 1 atom stereocenters. The summed E-state index contributed by atoms with van der Waals surface area (Å²) in [4.78, 5) is 38.1. The van der Waals surface area contributed by atoms with Gasteiger partial charge in [0.05, 0.1) is 0 Å². The van der Waals surface area contributed by atoms with Crippen molar-refractivity contribution in [3.8, 4) is 0 Å². The van der Waals surface area contributed by atoms with Crippen LogP contribution in [0.5, 0.6) is 0 Å². The maximum atomic E-state index is 12.8. The lowest BCUT2D eigenvalue weighted by Crippen LogP contribution is -2.30. The highest BCUT2D eigenvalue weighted by Gasteiger charge is 2.19. The molecule has 0 saturated carbocycles. The third kappa shape index (κ3) is 50.1. The summed E-state index contributed by atoms with van der Waals surface area (Å²) in [6.45, 7) is 6.51. The van der Waals surface area contributed by atoms with Crippen LogP contribution in [0.1, 0.15) is 271 Å². The largest absolute Gasteiger partial charge is 0.462 e. The van der Waals surface area contributed by atoms with Crippen LogP contribution in [-0.4, -0.2) is 37.2 Å². The maximum Gasteiger partial charge on any atom is 0.306 e. The first kappa shape index (κ1) is 61.1. The van der Waals surface area contributed by atoms with Crippen LogP contribution >= 0.6 is 0 Å². The molecule has 0 fully saturated rings. The second kappa shape index (κ2) is 52.7. The Balaban J connectivity index is 4.42. The molecule has 0 aliphatic heterocycles. The van der Waals surface area contributed by atoms with E-state index in [0.717, 1.165) is 109 Å². The Kier molecular flexibility index (Phi) is 50.4. The summed E-state index contributed by atoms with van der Waals surface area (Å²) in [7, 11) is 0. The minimum atomic E-state index is -0.789. The third-order valence-corrected chi connectivity index (χ3v) is 11.7. The normalized spacial score (nSPS) is 12.5. The number of ether oxygens (including phenoxy) is 3. The minimum absolute atomic E-state index is 0.0876. The van der Waals surface area contributed by atoms with E-state index >= 15 is 0 Å². The van der Waals surface area contributed by atoms with Crippen molar-refractivity contribution in [1.82, 2.24) is 0 Å². The first-order chi connectivity index (χ1) is 31.5. The molecule has 0 aromatic rings. The molecular formula is C58H102O6. The van der Waals surface area contributed by atoms with Gasteiger partial charge in [-0.25, -0.2) is 0 Å². The zero-order chi connectivity index (χ0) is 46.5. The standard InChI is InChI=1S/C58H102O6/c1-4-7-10-13-16-19-22-25-28-31-33-36-39-42-45-48-51-57(60)63-54-55(64-58(61)52-49-46-43-40-37-34-30-27-24-21-18-15-12-9-6-3)53-62-56(59)50-47-44-41-38-35-32-29-26-23-20-17-14-11-8-5-2/h9,12,18,21,26-31,55H,4-8,10-11,13-17,19-20,22-25,32-54H2,1-3H3/b12-9-,21-18-,29-26-,30-27-,31-28-/t55-/m1/s1. The van der Waals surface area contributed by atoms with E-state index in [4.69, 9.17) is 14.2 Å². The molecule has 0 aliphatic rings. The molecule has 0 aromatic carbocycles. The number of hydrogen-bond acceptors (Lipinski definition) is 6. The summed E-state index contributed by atoms with van der Waals surface area (Å²) >= 11 is 0. The first-order valence-corrected chi connectivity index (χ1v) is 27.3. The average molecular weight is 895 g/mol. The molecule has 0 aliphatic carbocycles. The molecule has 0 aromatic heterocycles. The number of allylic oxidation sites excluding steroid dienone is 10. The molecule has 6 heteroatoms. The minimum Gasteiger partial charge on any atom is -0.462 e. The highest BCUT2D eigenvalue weighted by Crippen LogP contribution is 2.14. The van der Waals surface area contributed by atoms with E-state index in [2.05, 4.69) is 81.5 Å². The zero-order valence-electron chi connectivity index (χ0n) is 42.3. The molecule has 64 heavy (non-hydrogen) atoms. The van der Waals surface area contributed by atoms with Crippen LogP contribution in [0.2, 0.25) is 0 Å². The van der Waals surface area contributed by atoms with Gasteiger partial charge in [0.25, 0.3) is 0 Å². The molecular weight excluding hydrogens is 793 g/mol. The topological polar surface area (TPSA) is 78.9 Å². The second-order valence-electron chi connectivity index (χ2n) is 18.1. The molecule has 0 radical (unpaired) electrons. The van der Waals surface area contributed by atoms with E-state index in [-0.39, 0.29) is 31.1 Å². The van der Waals surface area contributed by atoms with Gasteiger partial charge in [-0.05, 0) is 103 Å². The number of carbonyl (C=O) groups excluding carboxylic acids is 3. The monoisotopic (exact) mass is 895 g/mol. The van der Waals surface area contributed by atoms with E-state index in [9.17, 15) is 14.4 Å². The molecule has 0 heterocycles. The van der Waals surface area contributed by atoms with Crippen molar-refractivity contribution in [1.29, 1.82) is 0 Å². The molecule has 0 rings (SSSR count). The van der Waals surface area contributed by atoms with Gasteiger partial charge in [0.1, 0.15) is 13.2 Å². The van der Waals surface area contributed by atoms with E-state index in [1.165, 1.54) is 122 Å². The Morgan fingerprint density at radius 3 is 0.969 bits per heavy atom. The van der Waals surface area contributed by atoms with Crippen molar-refractivity contribution in [3.05, 3.63) is 60.8 Å². The van der Waals surface area contributed by atoms with Gasteiger partial charge in [-0.15, -0.1) is 0 Å². The average Bonchev–Trinajstić information content (AvgIpc) is 3.29. The number of unbranched alkanes of at least 4 members (excludes halogenated alkanes) is 28. The maximum absolute atomic E-state index is 12.8. The van der Waals surface area contributed by atoms with Crippen molar-refractivity contribution in [2.24, 2.45) is 0 Å². The summed E-state index contributed by atoms with van der Waals surface area (Å²) in [5, 5.41) is 0. The van der Waals surface area contributed by atoms with Gasteiger partial charge in [-0.2, -0.15) is 0 Å². The number of hydrogen-bond donors (Lipinski definition) is 0. The highest BCUT2D eigenvalue weighted by atomic mass is 16.6. The van der Waals surface area contributed by atoms with Crippen LogP contribution in [0.15, 0.2) is 60.8 Å². The van der Waals surface area contributed by atoms with Crippen LogP contribution in [0.4, 0.5) is 0 Å². The molecule has 0 saturated heterocycles. The number of esters is 3. The van der Waals surface area contributed by atoms with Crippen LogP contribution in [-0.2, 0) is 28.6 Å².